The average molecular weight is 285 g/mol. The van der Waals surface area contributed by atoms with E-state index in [1.807, 2.05) is 6.20 Å². The first-order valence-corrected chi connectivity index (χ1v) is 6.56. The van der Waals surface area contributed by atoms with Crippen LogP contribution in [0.4, 0.5) is 0 Å². The Morgan fingerprint density at radius 1 is 1.38 bits per heavy atom. The highest BCUT2D eigenvalue weighted by atomic mass is 79.9. The van der Waals surface area contributed by atoms with Gasteiger partial charge in [-0.15, -0.1) is 0 Å². The molecule has 0 bridgehead atoms. The van der Waals surface area contributed by atoms with Gasteiger partial charge in [-0.3, -0.25) is 4.98 Å². The molecule has 1 aromatic heterocycles. The molecule has 0 spiro atoms. The number of hydrogen-bond donors (Lipinski definition) is 2. The maximum Gasteiger partial charge on any atom is 0.0693 e. The van der Waals surface area contributed by atoms with Gasteiger partial charge in [0, 0.05) is 29.5 Å². The second kappa shape index (κ2) is 5.75. The van der Waals surface area contributed by atoms with Gasteiger partial charge < -0.3 is 10.4 Å². The molecule has 0 radical (unpaired) electrons. The summed E-state index contributed by atoms with van der Waals surface area (Å²) in [6.07, 6.45) is 7.81. The predicted molar refractivity (Wildman–Crippen MR) is 67.0 cm³/mol. The molecule has 88 valence electrons. The Kier molecular flexibility index (Phi) is 4.32. The third-order valence-corrected chi connectivity index (χ3v) is 3.49. The zero-order chi connectivity index (χ0) is 11.4. The van der Waals surface area contributed by atoms with E-state index in [-0.39, 0.29) is 12.1 Å². The molecule has 2 N–H and O–H groups in total. The van der Waals surface area contributed by atoms with Gasteiger partial charge in [-0.2, -0.15) is 0 Å². The van der Waals surface area contributed by atoms with E-state index >= 15 is 0 Å². The van der Waals surface area contributed by atoms with E-state index in [0.29, 0.717) is 0 Å². The molecule has 4 heteroatoms. The average Bonchev–Trinajstić information content (AvgIpc) is 2.28. The first-order chi connectivity index (χ1) is 7.75. The van der Waals surface area contributed by atoms with Gasteiger partial charge in [0.25, 0.3) is 0 Å². The maximum absolute atomic E-state index is 9.81. The van der Waals surface area contributed by atoms with Crippen molar-refractivity contribution in [2.24, 2.45) is 0 Å². The summed E-state index contributed by atoms with van der Waals surface area (Å²) in [7, 11) is 0. The minimum absolute atomic E-state index is 0.186. The number of nitrogens with one attached hydrogen (secondary N) is 1. The summed E-state index contributed by atoms with van der Waals surface area (Å²) in [5, 5.41) is 13.2. The molecule has 3 nitrogen and oxygen atoms in total. The fourth-order valence-electron chi connectivity index (χ4n) is 2.15. The molecule has 1 saturated carbocycles. The van der Waals surface area contributed by atoms with Crippen LogP contribution in [0.5, 0.6) is 0 Å². The van der Waals surface area contributed by atoms with E-state index in [2.05, 4.69) is 32.3 Å². The minimum Gasteiger partial charge on any atom is -0.392 e. The number of halogens is 1. The van der Waals surface area contributed by atoms with E-state index in [1.54, 1.807) is 6.20 Å². The molecule has 0 aliphatic heterocycles. The third-order valence-electron chi connectivity index (χ3n) is 3.06. The molecule has 1 aromatic rings. The SMILES string of the molecule is OC1CCCCC1NCc1cncc(Br)c1. The van der Waals surface area contributed by atoms with Gasteiger partial charge in [0.2, 0.25) is 0 Å². The lowest BCUT2D eigenvalue weighted by molar-refractivity contribution is 0.0902. The summed E-state index contributed by atoms with van der Waals surface area (Å²) in [5.74, 6) is 0. The Bertz CT molecular complexity index is 346. The maximum atomic E-state index is 9.81. The normalized spacial score (nSPS) is 25.6. The Morgan fingerprint density at radius 2 is 2.19 bits per heavy atom. The molecule has 1 aliphatic carbocycles. The Labute approximate surface area is 104 Å². The van der Waals surface area contributed by atoms with Gasteiger partial charge in [-0.05, 0) is 40.4 Å². The van der Waals surface area contributed by atoms with Crippen LogP contribution in [0.2, 0.25) is 0 Å². The number of aromatic nitrogens is 1. The molecule has 2 rings (SSSR count). The molecule has 0 amide bonds. The molecule has 0 aromatic carbocycles. The molecule has 2 atom stereocenters. The molecule has 1 heterocycles. The van der Waals surface area contributed by atoms with Crippen molar-refractivity contribution in [3.63, 3.8) is 0 Å². The summed E-state index contributed by atoms with van der Waals surface area (Å²) in [4.78, 5) is 4.12. The topological polar surface area (TPSA) is 45.1 Å². The molecule has 16 heavy (non-hydrogen) atoms. The van der Waals surface area contributed by atoms with E-state index in [4.69, 9.17) is 0 Å². The van der Waals surface area contributed by atoms with Crippen LogP contribution in [0.25, 0.3) is 0 Å². The fourth-order valence-corrected chi connectivity index (χ4v) is 2.56. The molecule has 1 aliphatic rings. The number of aliphatic hydroxyl groups is 1. The van der Waals surface area contributed by atoms with Crippen molar-refractivity contribution in [2.45, 2.75) is 44.4 Å². The zero-order valence-electron chi connectivity index (χ0n) is 9.19. The first-order valence-electron chi connectivity index (χ1n) is 5.76. The number of pyridine rings is 1. The van der Waals surface area contributed by atoms with E-state index in [0.717, 1.165) is 35.8 Å². The number of hydrogen-bond acceptors (Lipinski definition) is 3. The number of rotatable bonds is 3. The second-order valence-corrected chi connectivity index (χ2v) is 5.27. The summed E-state index contributed by atoms with van der Waals surface area (Å²) < 4.78 is 0.996. The van der Waals surface area contributed by atoms with Crippen LogP contribution in [0.3, 0.4) is 0 Å². The van der Waals surface area contributed by atoms with Crippen molar-refractivity contribution >= 4 is 15.9 Å². The van der Waals surface area contributed by atoms with E-state index < -0.39 is 0 Å². The van der Waals surface area contributed by atoms with Crippen molar-refractivity contribution in [1.82, 2.24) is 10.3 Å². The van der Waals surface area contributed by atoms with Crippen molar-refractivity contribution in [1.29, 1.82) is 0 Å². The summed E-state index contributed by atoms with van der Waals surface area (Å²) in [6, 6.07) is 2.29. The van der Waals surface area contributed by atoms with Crippen LogP contribution >= 0.6 is 15.9 Å². The standard InChI is InChI=1S/C12H17BrN2O/c13-10-5-9(6-14-8-10)7-15-11-3-1-2-4-12(11)16/h5-6,8,11-12,15-16H,1-4,7H2. The van der Waals surface area contributed by atoms with Crippen molar-refractivity contribution in [2.75, 3.05) is 0 Å². The smallest absolute Gasteiger partial charge is 0.0693 e. The van der Waals surface area contributed by atoms with Gasteiger partial charge in [-0.25, -0.2) is 0 Å². The minimum atomic E-state index is -0.186. The first kappa shape index (κ1) is 12.0. The lowest BCUT2D eigenvalue weighted by atomic mass is 9.92. The van der Waals surface area contributed by atoms with Gasteiger partial charge in [0.15, 0.2) is 0 Å². The fraction of sp³-hybridized carbons (Fsp3) is 0.583. The van der Waals surface area contributed by atoms with E-state index in [9.17, 15) is 5.11 Å². The summed E-state index contributed by atoms with van der Waals surface area (Å²) >= 11 is 3.40. The highest BCUT2D eigenvalue weighted by Gasteiger charge is 2.21. The molecule has 0 saturated heterocycles. The van der Waals surface area contributed by atoms with Crippen molar-refractivity contribution in [3.8, 4) is 0 Å². The summed E-state index contributed by atoms with van der Waals surface area (Å²) in [6.45, 7) is 0.772. The summed E-state index contributed by atoms with van der Waals surface area (Å²) in [5.41, 5.74) is 1.15. The zero-order valence-corrected chi connectivity index (χ0v) is 10.8. The van der Waals surface area contributed by atoms with Crippen LogP contribution in [-0.2, 0) is 6.54 Å². The lowest BCUT2D eigenvalue weighted by Crippen LogP contribution is -2.41. The third kappa shape index (κ3) is 3.27. The van der Waals surface area contributed by atoms with E-state index in [1.165, 1.54) is 6.42 Å². The Morgan fingerprint density at radius 3 is 2.94 bits per heavy atom. The van der Waals surface area contributed by atoms with Gasteiger partial charge in [0.05, 0.1) is 6.10 Å². The largest absolute Gasteiger partial charge is 0.392 e. The quantitative estimate of drug-likeness (QED) is 0.895. The van der Waals surface area contributed by atoms with Crippen LogP contribution in [0.15, 0.2) is 22.9 Å². The predicted octanol–water partition coefficient (Wildman–Crippen LogP) is 2.24. The lowest BCUT2D eigenvalue weighted by Gasteiger charge is -2.28. The van der Waals surface area contributed by atoms with Crippen molar-refractivity contribution in [3.05, 3.63) is 28.5 Å². The van der Waals surface area contributed by atoms with Gasteiger partial charge in [-0.1, -0.05) is 12.8 Å². The van der Waals surface area contributed by atoms with Crippen LogP contribution in [0.1, 0.15) is 31.2 Å². The molecular formula is C12H17BrN2O. The van der Waals surface area contributed by atoms with Gasteiger partial charge in [0.1, 0.15) is 0 Å². The van der Waals surface area contributed by atoms with Crippen molar-refractivity contribution < 1.29 is 5.11 Å². The van der Waals surface area contributed by atoms with Gasteiger partial charge >= 0.3 is 0 Å². The number of nitrogens with zero attached hydrogens (tertiary/aromatic N) is 1. The number of aliphatic hydroxyl groups excluding tert-OH is 1. The van der Waals surface area contributed by atoms with Crippen LogP contribution < -0.4 is 5.32 Å². The molecular weight excluding hydrogens is 268 g/mol. The highest BCUT2D eigenvalue weighted by Crippen LogP contribution is 2.19. The highest BCUT2D eigenvalue weighted by molar-refractivity contribution is 9.10. The Balaban J connectivity index is 1.86. The Hall–Kier alpha value is -0.450. The van der Waals surface area contributed by atoms with Crippen LogP contribution in [-0.4, -0.2) is 22.2 Å². The second-order valence-electron chi connectivity index (χ2n) is 4.35. The molecule has 1 fully saturated rings. The monoisotopic (exact) mass is 284 g/mol. The van der Waals surface area contributed by atoms with Crippen LogP contribution in [0, 0.1) is 0 Å². The molecule has 2 unspecified atom stereocenters.